The van der Waals surface area contributed by atoms with Gasteiger partial charge in [-0.15, -0.1) is 11.3 Å². The first kappa shape index (κ1) is 55.5. The molecule has 0 amide bonds. The van der Waals surface area contributed by atoms with Gasteiger partial charge in [-0.2, -0.15) is 0 Å². The van der Waals surface area contributed by atoms with Gasteiger partial charge in [0.2, 0.25) is 0 Å². The Balaban J connectivity index is 0.707. The molecule has 5 aromatic heterocycles. The van der Waals surface area contributed by atoms with Crippen LogP contribution in [0.1, 0.15) is 0 Å². The predicted molar refractivity (Wildman–Crippen MR) is 416 cm³/mol. The molecule has 19 aromatic rings. The molecule has 0 aliphatic heterocycles. The zero-order chi connectivity index (χ0) is 64.8. The lowest BCUT2D eigenvalue weighted by molar-refractivity contribution is 1.27. The molecule has 0 N–H and O–H groups in total. The van der Waals surface area contributed by atoms with E-state index >= 15 is 0 Å². The molecule has 99 heavy (non-hydrogen) atoms. The molecule has 0 spiro atoms. The quantitative estimate of drug-likeness (QED) is 0.145. The van der Waals surface area contributed by atoms with Crippen molar-refractivity contribution in [2.45, 2.75) is 0 Å². The van der Waals surface area contributed by atoms with Gasteiger partial charge in [0.1, 0.15) is 0 Å². The first-order valence-corrected chi connectivity index (χ1v) is 34.6. The first-order chi connectivity index (χ1) is 49.1. The Kier molecular flexibility index (Phi) is 12.3. The summed E-state index contributed by atoms with van der Waals surface area (Å²) in [4.78, 5) is 22.3. The molecule has 0 atom stereocenters. The zero-order valence-corrected chi connectivity index (χ0v) is 54.2. The molecule has 14 aromatic carbocycles. The highest BCUT2D eigenvalue weighted by molar-refractivity contribution is 7.22. The molecule has 0 fully saturated rings. The van der Waals surface area contributed by atoms with Crippen LogP contribution in [0.2, 0.25) is 0 Å². The van der Waals surface area contributed by atoms with E-state index in [2.05, 4.69) is 316 Å². The third kappa shape index (κ3) is 8.39. The molecule has 0 unspecified atom stereocenters. The fraction of sp³-hybridized carbons (Fsp3) is 0. The highest BCUT2D eigenvalue weighted by Crippen LogP contribution is 2.61. The molecule has 21 rings (SSSR count). The Labute approximate surface area is 574 Å². The number of fused-ring (bicyclic) bond motifs is 11. The van der Waals surface area contributed by atoms with E-state index < -0.39 is 0 Å². The molecule has 0 bridgehead atoms. The third-order valence-corrected chi connectivity index (χ3v) is 22.0. The second kappa shape index (κ2) is 21.9. The highest BCUT2D eigenvalue weighted by Gasteiger charge is 2.34. The summed E-state index contributed by atoms with van der Waals surface area (Å²) in [6.45, 7) is 0. The summed E-state index contributed by atoms with van der Waals surface area (Å²) >= 11 is 1.81. The maximum atomic E-state index is 5.59. The predicted octanol–water partition coefficient (Wildman–Crippen LogP) is 25.7. The molecule has 2 aliphatic rings. The summed E-state index contributed by atoms with van der Waals surface area (Å²) < 4.78 is 1.16. The molecule has 5 heteroatoms. The van der Waals surface area contributed by atoms with Crippen LogP contribution in [0.15, 0.2) is 328 Å². The maximum absolute atomic E-state index is 5.59. The van der Waals surface area contributed by atoms with Gasteiger partial charge in [-0.05, 0) is 191 Å². The smallest absolute Gasteiger partial charge is 0.0973 e. The average molecular weight is 1270 g/mol. The summed E-state index contributed by atoms with van der Waals surface area (Å²) in [5, 5.41) is 14.2. The van der Waals surface area contributed by atoms with Gasteiger partial charge in [-0.1, -0.05) is 273 Å². The lowest BCUT2D eigenvalue weighted by Gasteiger charge is -2.21. The van der Waals surface area contributed by atoms with Crippen molar-refractivity contribution in [1.82, 2.24) is 19.9 Å². The van der Waals surface area contributed by atoms with Crippen LogP contribution in [0.25, 0.3) is 219 Å². The van der Waals surface area contributed by atoms with E-state index in [0.717, 1.165) is 82.5 Å². The van der Waals surface area contributed by atoms with Crippen LogP contribution in [0.3, 0.4) is 0 Å². The average Bonchev–Trinajstić information content (AvgIpc) is 1.56. The number of para-hydroxylation sites is 1. The Morgan fingerprint density at radius 1 is 0.232 bits per heavy atom. The van der Waals surface area contributed by atoms with E-state index in [9.17, 15) is 0 Å². The van der Waals surface area contributed by atoms with E-state index in [1.54, 1.807) is 0 Å². The number of benzene rings is 14. The molecule has 5 heterocycles. The third-order valence-electron chi connectivity index (χ3n) is 20.9. The van der Waals surface area contributed by atoms with E-state index in [1.807, 2.05) is 23.6 Å². The topological polar surface area (TPSA) is 51.6 Å². The van der Waals surface area contributed by atoms with E-state index in [-0.39, 0.29) is 0 Å². The lowest BCUT2D eigenvalue weighted by Crippen LogP contribution is -1.94. The standard InChI is InChI=1S/C94H54N4S/c1-5-23-56(24-6-1)83-66-32-15-16-33-67(66)84(57-25-7-2-8-26-57)91-73-48-46-63(65-36-20-38-71(88(65)73)89(83)91)78-40-21-41-79(98-78)94-75-53-82(99-81(75)50-51-95-94)60-42-44-68-74(52-60)86(59-29-11-4-12-30-59)90-70-37-19-35-64-62(45-47-72(87(64)70)92(90)85(68)58-27-9-3-10-28-58)76-54-96-93(69-34-17-14-31-61(69)76)80-49-43-55-22-13-18-39-77(55)97-80/h1-54H. The zero-order valence-electron chi connectivity index (χ0n) is 53.4. The van der Waals surface area contributed by atoms with Crippen LogP contribution in [0.4, 0.5) is 0 Å². The van der Waals surface area contributed by atoms with Gasteiger partial charge in [0.05, 0.1) is 34.0 Å². The van der Waals surface area contributed by atoms with Crippen molar-refractivity contribution in [3.63, 3.8) is 0 Å². The molecule has 0 radical (unpaired) electrons. The van der Waals surface area contributed by atoms with Crippen LogP contribution in [-0.2, 0) is 0 Å². The number of thiophene rings is 1. The highest BCUT2D eigenvalue weighted by atomic mass is 32.1. The number of nitrogens with zero attached hydrogens (tertiary/aromatic N) is 4. The fourth-order valence-corrected chi connectivity index (χ4v) is 17.8. The second-order valence-electron chi connectivity index (χ2n) is 26.1. The van der Waals surface area contributed by atoms with Gasteiger partial charge in [0.15, 0.2) is 0 Å². The molecule has 4 nitrogen and oxygen atoms in total. The largest absolute Gasteiger partial charge is 0.254 e. The van der Waals surface area contributed by atoms with Crippen molar-refractivity contribution in [1.29, 1.82) is 0 Å². The summed E-state index contributed by atoms with van der Waals surface area (Å²) in [5.41, 5.74) is 29.6. The Morgan fingerprint density at radius 3 is 1.32 bits per heavy atom. The first-order valence-electron chi connectivity index (χ1n) is 33.8. The summed E-state index contributed by atoms with van der Waals surface area (Å²) in [6, 6.07) is 115. The Morgan fingerprint density at radius 2 is 0.697 bits per heavy atom. The number of hydrogen-bond acceptors (Lipinski definition) is 5. The van der Waals surface area contributed by atoms with Crippen LogP contribution in [-0.4, -0.2) is 19.9 Å². The fourth-order valence-electron chi connectivity index (χ4n) is 16.7. The van der Waals surface area contributed by atoms with Gasteiger partial charge < -0.3 is 0 Å². The molecular formula is C94H54N4S. The summed E-state index contributed by atoms with van der Waals surface area (Å²) in [5.74, 6) is 0. The van der Waals surface area contributed by atoms with Crippen molar-refractivity contribution >= 4 is 86.2 Å². The van der Waals surface area contributed by atoms with Crippen LogP contribution >= 0.6 is 11.3 Å². The van der Waals surface area contributed by atoms with Gasteiger partial charge in [0, 0.05) is 49.3 Å². The minimum Gasteiger partial charge on any atom is -0.254 e. The lowest BCUT2D eigenvalue weighted by atomic mass is 9.82. The van der Waals surface area contributed by atoms with Gasteiger partial charge in [-0.25, -0.2) is 9.97 Å². The van der Waals surface area contributed by atoms with Crippen molar-refractivity contribution in [3.8, 4) is 145 Å². The molecule has 0 saturated heterocycles. The number of aromatic nitrogens is 4. The number of rotatable bonds is 9. The van der Waals surface area contributed by atoms with Crippen molar-refractivity contribution in [2.75, 3.05) is 0 Å². The minimum absolute atomic E-state index is 0.836. The summed E-state index contributed by atoms with van der Waals surface area (Å²) in [7, 11) is 0. The molecular weight excluding hydrogens is 1220 g/mol. The van der Waals surface area contributed by atoms with Gasteiger partial charge in [0.25, 0.3) is 0 Å². The van der Waals surface area contributed by atoms with E-state index in [0.29, 0.717) is 0 Å². The molecule has 456 valence electrons. The van der Waals surface area contributed by atoms with Gasteiger partial charge >= 0.3 is 0 Å². The Bertz CT molecular complexity index is 6540. The van der Waals surface area contributed by atoms with Crippen LogP contribution in [0.5, 0.6) is 0 Å². The SMILES string of the molecule is c1ccc(-c2c3c(c(-c4ccccc4)c4ccccc24)-c2ccc(-c4cccc(-c5nccc6sc(-c7ccc8c(-c9ccccc9)c9c(c(-c%10ccccc%10)c8c7)-c7cccc8c(-c%10cnc(-c%11ccc%12ccccc%12n%11)c%11ccccc%10%11)ccc-9c78)cc56)n4)c4cccc-3c24)cc1. The van der Waals surface area contributed by atoms with Crippen LogP contribution < -0.4 is 0 Å². The minimum atomic E-state index is 0.836. The van der Waals surface area contributed by atoms with Crippen molar-refractivity contribution < 1.29 is 0 Å². The number of pyridine rings is 4. The molecule has 2 aliphatic carbocycles. The Hall–Kier alpha value is -12.8. The second-order valence-corrected chi connectivity index (χ2v) is 27.2. The number of hydrogen-bond donors (Lipinski definition) is 0. The summed E-state index contributed by atoms with van der Waals surface area (Å²) in [6.07, 6.45) is 4.02. The van der Waals surface area contributed by atoms with E-state index in [4.69, 9.17) is 19.9 Å². The van der Waals surface area contributed by atoms with E-state index in [1.165, 1.54) is 137 Å². The van der Waals surface area contributed by atoms with Crippen molar-refractivity contribution in [2.24, 2.45) is 0 Å². The van der Waals surface area contributed by atoms with Gasteiger partial charge in [-0.3, -0.25) is 9.97 Å². The monoisotopic (exact) mass is 1270 g/mol. The van der Waals surface area contributed by atoms with Crippen molar-refractivity contribution in [3.05, 3.63) is 328 Å². The normalized spacial score (nSPS) is 12.0. The molecule has 0 saturated carbocycles. The maximum Gasteiger partial charge on any atom is 0.0973 e. The van der Waals surface area contributed by atoms with Crippen LogP contribution in [0, 0.1) is 0 Å².